The van der Waals surface area contributed by atoms with Crippen LogP contribution in [0.25, 0.3) is 22.3 Å². The highest BCUT2D eigenvalue weighted by Gasteiger charge is 2.44. The molecule has 1 aliphatic heterocycles. The predicted molar refractivity (Wildman–Crippen MR) is 125 cm³/mol. The standard InChI is InChI=1S/C24H16F5N5O6/c25-23(26,27)38-15-6-11(5-14(35)8-15)19-20-21(31-10-30-20)22(37)33(32-19)9-18(36)34(12-1-2-12)13-3-4-16-17(7-13)40-24(28,29)39-16/h3-8,10,12,35H,1-2,9H2,(H,30,31). The number of halogens is 5. The summed E-state index contributed by atoms with van der Waals surface area (Å²) in [6, 6.07) is 6.37. The molecule has 0 unspecified atom stereocenters. The van der Waals surface area contributed by atoms with E-state index >= 15 is 0 Å². The lowest BCUT2D eigenvalue weighted by Crippen LogP contribution is -2.39. The van der Waals surface area contributed by atoms with E-state index in [0.29, 0.717) is 12.8 Å². The number of imidazole rings is 1. The summed E-state index contributed by atoms with van der Waals surface area (Å²) in [5.41, 5.74) is -0.822. The first kappa shape index (κ1) is 25.4. The molecule has 0 bridgehead atoms. The molecule has 1 amide bonds. The summed E-state index contributed by atoms with van der Waals surface area (Å²) < 4.78 is 78.9. The van der Waals surface area contributed by atoms with Crippen molar-refractivity contribution in [2.24, 2.45) is 0 Å². The van der Waals surface area contributed by atoms with Gasteiger partial charge in [0.15, 0.2) is 17.0 Å². The van der Waals surface area contributed by atoms with Gasteiger partial charge in [0.05, 0.1) is 11.8 Å². The molecular weight excluding hydrogens is 549 g/mol. The lowest BCUT2D eigenvalue weighted by Gasteiger charge is -2.23. The second kappa shape index (κ2) is 8.82. The number of aromatic hydroxyl groups is 1. The van der Waals surface area contributed by atoms with E-state index < -0.39 is 42.2 Å². The second-order valence-electron chi connectivity index (χ2n) is 8.99. The number of nitrogens with zero attached hydrogens (tertiary/aromatic N) is 4. The van der Waals surface area contributed by atoms with Crippen molar-refractivity contribution >= 4 is 22.6 Å². The van der Waals surface area contributed by atoms with Crippen LogP contribution in [-0.4, -0.2) is 49.5 Å². The van der Waals surface area contributed by atoms with Gasteiger partial charge in [0.2, 0.25) is 5.91 Å². The van der Waals surface area contributed by atoms with Crippen molar-refractivity contribution in [3.63, 3.8) is 0 Å². The van der Waals surface area contributed by atoms with Gasteiger partial charge in [0.25, 0.3) is 5.56 Å². The number of aromatic nitrogens is 4. The van der Waals surface area contributed by atoms with E-state index in [4.69, 9.17) is 0 Å². The highest BCUT2D eigenvalue weighted by Crippen LogP contribution is 2.44. The number of hydrogen-bond acceptors (Lipinski definition) is 8. The van der Waals surface area contributed by atoms with E-state index in [2.05, 4.69) is 29.3 Å². The van der Waals surface area contributed by atoms with Gasteiger partial charge in [-0.1, -0.05) is 0 Å². The van der Waals surface area contributed by atoms with Gasteiger partial charge in [-0.3, -0.25) is 9.59 Å². The maximum Gasteiger partial charge on any atom is 0.586 e. The minimum Gasteiger partial charge on any atom is -0.508 e. The number of phenols is 1. The average Bonchev–Trinajstić information content (AvgIpc) is 3.44. The molecule has 0 radical (unpaired) electrons. The highest BCUT2D eigenvalue weighted by atomic mass is 19.4. The first-order valence-electron chi connectivity index (χ1n) is 11.6. The smallest absolute Gasteiger partial charge is 0.508 e. The van der Waals surface area contributed by atoms with E-state index in [-0.39, 0.29) is 45.5 Å². The molecule has 1 aliphatic carbocycles. The number of benzene rings is 2. The van der Waals surface area contributed by atoms with Crippen LogP contribution in [0.3, 0.4) is 0 Å². The molecule has 2 aromatic carbocycles. The fourth-order valence-corrected chi connectivity index (χ4v) is 4.38. The van der Waals surface area contributed by atoms with Crippen LogP contribution in [0.2, 0.25) is 0 Å². The minimum atomic E-state index is -5.04. The number of carbonyl (C=O) groups excluding carboxylic acids is 1. The molecule has 1 fully saturated rings. The van der Waals surface area contributed by atoms with Crippen molar-refractivity contribution in [3.8, 4) is 34.3 Å². The van der Waals surface area contributed by atoms with Crippen LogP contribution in [0.1, 0.15) is 12.8 Å². The number of alkyl halides is 5. The number of hydrogen-bond donors (Lipinski definition) is 2. The molecule has 6 rings (SSSR count). The van der Waals surface area contributed by atoms with Gasteiger partial charge < -0.3 is 29.2 Å². The Bertz CT molecular complexity index is 1710. The van der Waals surface area contributed by atoms with Crippen molar-refractivity contribution in [3.05, 3.63) is 53.1 Å². The van der Waals surface area contributed by atoms with E-state index in [9.17, 15) is 36.6 Å². The third kappa shape index (κ3) is 4.83. The number of carbonyl (C=O) groups is 1. The van der Waals surface area contributed by atoms with Crippen LogP contribution in [0.4, 0.5) is 27.6 Å². The van der Waals surface area contributed by atoms with Crippen LogP contribution in [0.15, 0.2) is 47.5 Å². The van der Waals surface area contributed by atoms with Crippen molar-refractivity contribution in [2.75, 3.05) is 4.90 Å². The number of rotatable bonds is 6. The van der Waals surface area contributed by atoms with E-state index in [1.54, 1.807) is 0 Å². The first-order valence-corrected chi connectivity index (χ1v) is 11.6. The molecular formula is C24H16F5N5O6. The quantitative estimate of drug-likeness (QED) is 0.337. The topological polar surface area (TPSA) is 132 Å². The number of phenolic OH excluding ortho intramolecular Hbond substituents is 1. The Kier molecular flexibility index (Phi) is 5.60. The van der Waals surface area contributed by atoms with E-state index in [0.717, 1.165) is 29.2 Å². The lowest BCUT2D eigenvalue weighted by molar-refractivity contribution is -0.286. The van der Waals surface area contributed by atoms with Gasteiger partial charge in [-0.05, 0) is 37.1 Å². The Balaban J connectivity index is 1.37. The van der Waals surface area contributed by atoms with Crippen molar-refractivity contribution in [1.29, 1.82) is 0 Å². The molecule has 40 heavy (non-hydrogen) atoms. The zero-order valence-corrected chi connectivity index (χ0v) is 19.9. The van der Waals surface area contributed by atoms with Crippen LogP contribution in [-0.2, 0) is 11.3 Å². The fourth-order valence-electron chi connectivity index (χ4n) is 4.38. The van der Waals surface area contributed by atoms with Gasteiger partial charge in [-0.2, -0.15) is 5.10 Å². The molecule has 2 aliphatic rings. The Morgan fingerprint density at radius 3 is 2.65 bits per heavy atom. The van der Waals surface area contributed by atoms with Crippen molar-refractivity contribution in [2.45, 2.75) is 38.1 Å². The van der Waals surface area contributed by atoms with Crippen LogP contribution >= 0.6 is 0 Å². The highest BCUT2D eigenvalue weighted by molar-refractivity contribution is 5.95. The molecule has 0 spiro atoms. The zero-order valence-electron chi connectivity index (χ0n) is 19.9. The number of anilines is 1. The molecule has 0 saturated heterocycles. The number of ether oxygens (including phenoxy) is 3. The molecule has 2 aromatic heterocycles. The van der Waals surface area contributed by atoms with Gasteiger partial charge >= 0.3 is 12.7 Å². The number of amides is 1. The summed E-state index contributed by atoms with van der Waals surface area (Å²) in [5, 5.41) is 14.2. The van der Waals surface area contributed by atoms with Crippen LogP contribution in [0, 0.1) is 0 Å². The number of nitrogens with one attached hydrogen (secondary N) is 1. The van der Waals surface area contributed by atoms with E-state index in [1.165, 1.54) is 23.1 Å². The van der Waals surface area contributed by atoms with Gasteiger partial charge in [0, 0.05) is 29.4 Å². The van der Waals surface area contributed by atoms with Crippen molar-refractivity contribution < 1.29 is 46.1 Å². The Hall–Kier alpha value is -4.89. The molecule has 16 heteroatoms. The summed E-state index contributed by atoms with van der Waals surface area (Å²) in [5.74, 6) is -2.41. The largest absolute Gasteiger partial charge is 0.586 e. The molecule has 11 nitrogen and oxygen atoms in total. The first-order chi connectivity index (χ1) is 18.9. The summed E-state index contributed by atoms with van der Waals surface area (Å²) >= 11 is 0. The van der Waals surface area contributed by atoms with Gasteiger partial charge in [0.1, 0.15) is 23.7 Å². The Morgan fingerprint density at radius 2 is 1.93 bits per heavy atom. The summed E-state index contributed by atoms with van der Waals surface area (Å²) in [6.07, 6.45) is -6.48. The molecule has 1 saturated carbocycles. The molecule has 3 heterocycles. The van der Waals surface area contributed by atoms with Crippen molar-refractivity contribution in [1.82, 2.24) is 19.7 Å². The fraction of sp³-hybridized carbons (Fsp3) is 0.250. The average molecular weight is 565 g/mol. The third-order valence-electron chi connectivity index (χ3n) is 6.06. The zero-order chi connectivity index (χ0) is 28.4. The van der Waals surface area contributed by atoms with Crippen LogP contribution in [0.5, 0.6) is 23.0 Å². The number of aromatic amines is 1. The predicted octanol–water partition coefficient (Wildman–Crippen LogP) is 3.91. The molecule has 208 valence electrons. The molecule has 4 aromatic rings. The SMILES string of the molecule is O=C(Cn1nc(-c2cc(O)cc(OC(F)(F)F)c2)c2[nH]cnc2c1=O)N(c1ccc2c(c1)OC(F)(F)O2)C1CC1. The maximum absolute atomic E-state index is 13.5. The monoisotopic (exact) mass is 565 g/mol. The Morgan fingerprint density at radius 1 is 1.18 bits per heavy atom. The third-order valence-corrected chi connectivity index (χ3v) is 6.06. The summed E-state index contributed by atoms with van der Waals surface area (Å²) in [7, 11) is 0. The molecule has 0 atom stereocenters. The number of H-pyrrole nitrogens is 1. The Labute approximate surface area is 219 Å². The number of fused-ring (bicyclic) bond motifs is 2. The van der Waals surface area contributed by atoms with Gasteiger partial charge in [-0.15, -0.1) is 22.0 Å². The van der Waals surface area contributed by atoms with Gasteiger partial charge in [-0.25, -0.2) is 9.67 Å². The summed E-state index contributed by atoms with van der Waals surface area (Å²) in [6.45, 7) is -0.625. The minimum absolute atomic E-state index is 0.0491. The lowest BCUT2D eigenvalue weighted by atomic mass is 10.1. The second-order valence-corrected chi connectivity index (χ2v) is 8.99. The normalized spacial score (nSPS) is 15.8. The van der Waals surface area contributed by atoms with E-state index in [1.807, 2.05) is 0 Å². The van der Waals surface area contributed by atoms with Crippen LogP contribution < -0.4 is 24.7 Å². The summed E-state index contributed by atoms with van der Waals surface area (Å²) in [4.78, 5) is 34.5. The maximum atomic E-state index is 13.5. The molecule has 2 N–H and O–H groups in total.